The second-order valence-corrected chi connectivity index (χ2v) is 4.80. The van der Waals surface area contributed by atoms with Crippen molar-refractivity contribution in [2.45, 2.75) is 18.1 Å². The third-order valence-electron chi connectivity index (χ3n) is 2.59. The van der Waals surface area contributed by atoms with Gasteiger partial charge < -0.3 is 9.64 Å². The van der Waals surface area contributed by atoms with E-state index in [-0.39, 0.29) is 0 Å². The van der Waals surface area contributed by atoms with Crippen LogP contribution in [0.3, 0.4) is 0 Å². The van der Waals surface area contributed by atoms with E-state index in [9.17, 15) is 0 Å². The van der Waals surface area contributed by atoms with Gasteiger partial charge in [0, 0.05) is 13.1 Å². The Kier molecular flexibility index (Phi) is 3.11. The molecule has 1 atom stereocenters. The van der Waals surface area contributed by atoms with E-state index in [1.165, 1.54) is 18.6 Å². The van der Waals surface area contributed by atoms with Crippen LogP contribution in [0.5, 0.6) is 0 Å². The molecule has 4 heteroatoms. The quantitative estimate of drug-likeness (QED) is 0.510. The molecular weight excluding hydrogens is 184 g/mol. The van der Waals surface area contributed by atoms with E-state index in [0.717, 1.165) is 32.1 Å². The van der Waals surface area contributed by atoms with Crippen LogP contribution in [-0.4, -0.2) is 48.0 Å². The summed E-state index contributed by atoms with van der Waals surface area (Å²) in [5.74, 6) is 2.07. The molecule has 0 aromatic carbocycles. The summed E-state index contributed by atoms with van der Waals surface area (Å²) < 4.78 is 5.27. The van der Waals surface area contributed by atoms with Crippen molar-refractivity contribution in [2.24, 2.45) is 0 Å². The highest BCUT2D eigenvalue weighted by Gasteiger charge is 2.25. The first-order valence-corrected chi connectivity index (χ1v) is 5.95. The molecule has 2 fully saturated rings. The molecular formula is C9H16N2OS. The Labute approximate surface area is 83.3 Å². The Bertz CT molecular complexity index is 186. The molecule has 0 bridgehead atoms. The predicted octanol–water partition coefficient (Wildman–Crippen LogP) is 1.19. The standard InChI is InChI=1S/C9H16N2OS/c10-9(8-2-1-7-13-8)11-3-5-12-6-4-11/h8,10H,1-7H2. The van der Waals surface area contributed by atoms with Gasteiger partial charge in [0.1, 0.15) is 5.84 Å². The Hall–Kier alpha value is -0.220. The zero-order valence-corrected chi connectivity index (χ0v) is 8.61. The molecule has 13 heavy (non-hydrogen) atoms. The molecule has 0 aromatic heterocycles. The largest absolute Gasteiger partial charge is 0.378 e. The summed E-state index contributed by atoms with van der Waals surface area (Å²) in [4.78, 5) is 2.17. The van der Waals surface area contributed by atoms with Crippen LogP contribution in [0, 0.1) is 5.41 Å². The number of nitrogens with zero attached hydrogens (tertiary/aromatic N) is 1. The summed E-state index contributed by atoms with van der Waals surface area (Å²) in [5, 5.41) is 8.50. The minimum absolute atomic E-state index is 0.470. The van der Waals surface area contributed by atoms with Crippen molar-refractivity contribution in [1.29, 1.82) is 5.41 Å². The van der Waals surface area contributed by atoms with Crippen molar-refractivity contribution in [3.63, 3.8) is 0 Å². The first-order valence-electron chi connectivity index (χ1n) is 4.90. The van der Waals surface area contributed by atoms with Crippen molar-refractivity contribution in [2.75, 3.05) is 32.1 Å². The molecule has 2 heterocycles. The summed E-state index contributed by atoms with van der Waals surface area (Å²) in [7, 11) is 0. The molecule has 2 saturated heterocycles. The van der Waals surface area contributed by atoms with Gasteiger partial charge in [0.2, 0.25) is 0 Å². The van der Waals surface area contributed by atoms with Crippen molar-refractivity contribution in [3.05, 3.63) is 0 Å². The zero-order valence-electron chi connectivity index (χ0n) is 7.79. The molecule has 0 aromatic rings. The van der Waals surface area contributed by atoms with E-state index in [1.807, 2.05) is 11.8 Å². The summed E-state index contributed by atoms with van der Waals surface area (Å²) in [6, 6.07) is 0. The van der Waals surface area contributed by atoms with Gasteiger partial charge in [-0.15, -0.1) is 0 Å². The molecule has 0 radical (unpaired) electrons. The maximum atomic E-state index is 8.03. The number of hydrogen-bond donors (Lipinski definition) is 1. The summed E-state index contributed by atoms with van der Waals surface area (Å²) >= 11 is 1.94. The predicted molar refractivity (Wildman–Crippen MR) is 55.6 cm³/mol. The fourth-order valence-corrected chi connectivity index (χ4v) is 3.06. The summed E-state index contributed by atoms with van der Waals surface area (Å²) in [5.41, 5.74) is 0. The number of ether oxygens (including phenoxy) is 1. The lowest BCUT2D eigenvalue weighted by Gasteiger charge is -2.31. The lowest BCUT2D eigenvalue weighted by atomic mass is 10.2. The lowest BCUT2D eigenvalue weighted by Crippen LogP contribution is -2.43. The topological polar surface area (TPSA) is 36.3 Å². The van der Waals surface area contributed by atoms with E-state index in [0.29, 0.717) is 5.25 Å². The van der Waals surface area contributed by atoms with Crippen molar-refractivity contribution in [1.82, 2.24) is 4.90 Å². The van der Waals surface area contributed by atoms with Crippen LogP contribution in [0.25, 0.3) is 0 Å². The van der Waals surface area contributed by atoms with Gasteiger partial charge in [-0.25, -0.2) is 0 Å². The molecule has 0 saturated carbocycles. The average molecular weight is 200 g/mol. The van der Waals surface area contributed by atoms with Gasteiger partial charge in [0.15, 0.2) is 0 Å². The Morgan fingerprint density at radius 2 is 2.15 bits per heavy atom. The maximum absolute atomic E-state index is 8.03. The zero-order chi connectivity index (χ0) is 9.10. The molecule has 3 nitrogen and oxygen atoms in total. The summed E-state index contributed by atoms with van der Waals surface area (Å²) in [6.07, 6.45) is 2.48. The number of hydrogen-bond acceptors (Lipinski definition) is 3. The van der Waals surface area contributed by atoms with E-state index in [4.69, 9.17) is 10.1 Å². The highest BCUT2D eigenvalue weighted by atomic mass is 32.2. The third kappa shape index (κ3) is 2.17. The Morgan fingerprint density at radius 3 is 2.77 bits per heavy atom. The van der Waals surface area contributed by atoms with Gasteiger partial charge in [-0.3, -0.25) is 5.41 Å². The van der Waals surface area contributed by atoms with Crippen molar-refractivity contribution in [3.8, 4) is 0 Å². The van der Waals surface area contributed by atoms with E-state index >= 15 is 0 Å². The maximum Gasteiger partial charge on any atom is 0.109 e. The number of nitrogens with one attached hydrogen (secondary N) is 1. The summed E-state index contributed by atoms with van der Waals surface area (Å²) in [6.45, 7) is 3.41. The van der Waals surface area contributed by atoms with Gasteiger partial charge in [-0.05, 0) is 18.6 Å². The van der Waals surface area contributed by atoms with Crippen LogP contribution in [0.15, 0.2) is 0 Å². The van der Waals surface area contributed by atoms with Gasteiger partial charge in [0.25, 0.3) is 0 Å². The van der Waals surface area contributed by atoms with Crippen molar-refractivity contribution >= 4 is 17.6 Å². The minimum Gasteiger partial charge on any atom is -0.378 e. The van der Waals surface area contributed by atoms with E-state index in [1.54, 1.807) is 0 Å². The molecule has 0 spiro atoms. The monoisotopic (exact) mass is 200 g/mol. The van der Waals surface area contributed by atoms with E-state index in [2.05, 4.69) is 4.90 Å². The fourth-order valence-electron chi connectivity index (χ4n) is 1.80. The second-order valence-electron chi connectivity index (χ2n) is 3.49. The Morgan fingerprint density at radius 1 is 1.38 bits per heavy atom. The number of morpholine rings is 1. The third-order valence-corrected chi connectivity index (χ3v) is 3.97. The smallest absolute Gasteiger partial charge is 0.109 e. The van der Waals surface area contributed by atoms with Crippen LogP contribution in [-0.2, 0) is 4.74 Å². The minimum atomic E-state index is 0.470. The van der Waals surface area contributed by atoms with E-state index < -0.39 is 0 Å². The molecule has 1 N–H and O–H groups in total. The van der Waals surface area contributed by atoms with Crippen molar-refractivity contribution < 1.29 is 4.74 Å². The van der Waals surface area contributed by atoms with Gasteiger partial charge >= 0.3 is 0 Å². The molecule has 74 valence electrons. The van der Waals surface area contributed by atoms with Crippen LogP contribution in [0.2, 0.25) is 0 Å². The molecule has 2 aliphatic rings. The second kappa shape index (κ2) is 4.33. The average Bonchev–Trinajstić information content (AvgIpc) is 2.71. The number of rotatable bonds is 1. The highest BCUT2D eigenvalue weighted by Crippen LogP contribution is 2.27. The number of amidine groups is 1. The number of thioether (sulfide) groups is 1. The highest BCUT2D eigenvalue weighted by molar-refractivity contribution is 8.00. The fraction of sp³-hybridized carbons (Fsp3) is 0.889. The molecule has 0 aliphatic carbocycles. The first-order chi connectivity index (χ1) is 6.38. The van der Waals surface area contributed by atoms with Gasteiger partial charge in [-0.2, -0.15) is 11.8 Å². The lowest BCUT2D eigenvalue weighted by molar-refractivity contribution is 0.0670. The molecule has 0 amide bonds. The first kappa shape index (κ1) is 9.34. The molecule has 2 rings (SSSR count). The van der Waals surface area contributed by atoms with Crippen LogP contribution < -0.4 is 0 Å². The normalized spacial score (nSPS) is 29.2. The Balaban J connectivity index is 1.87. The molecule has 2 aliphatic heterocycles. The SMILES string of the molecule is N=C(C1CCCS1)N1CCOCC1. The molecule has 1 unspecified atom stereocenters. The van der Waals surface area contributed by atoms with Crippen LogP contribution in [0.1, 0.15) is 12.8 Å². The van der Waals surface area contributed by atoms with Crippen LogP contribution >= 0.6 is 11.8 Å². The van der Waals surface area contributed by atoms with Crippen LogP contribution in [0.4, 0.5) is 0 Å². The van der Waals surface area contributed by atoms with Gasteiger partial charge in [-0.1, -0.05) is 0 Å². The van der Waals surface area contributed by atoms with Gasteiger partial charge in [0.05, 0.1) is 18.5 Å².